The molecule has 1 amide bonds. The molecule has 1 aromatic heterocycles. The van der Waals surface area contributed by atoms with Crippen LogP contribution < -0.4 is 5.32 Å². The van der Waals surface area contributed by atoms with E-state index in [0.717, 1.165) is 18.2 Å². The molecule has 102 valence electrons. The first-order chi connectivity index (χ1) is 9.49. The van der Waals surface area contributed by atoms with Crippen LogP contribution in [0.25, 0.3) is 0 Å². The zero-order valence-corrected chi connectivity index (χ0v) is 11.4. The van der Waals surface area contributed by atoms with Crippen molar-refractivity contribution in [2.24, 2.45) is 0 Å². The maximum absolute atomic E-state index is 13.0. The molecule has 1 heterocycles. The standard InChI is InChI=1S/C12H7BrFN3O3/c13-11-8(2-1-5-15-11)12(18)16-9-4-3-7(14)6-10(9)17(19)20/h1-6H,(H,16,18). The second kappa shape index (κ2) is 5.74. The molecule has 0 bridgehead atoms. The van der Waals surface area contributed by atoms with Gasteiger partial charge < -0.3 is 5.32 Å². The number of nitro benzene ring substituents is 1. The monoisotopic (exact) mass is 339 g/mol. The third-order valence-corrected chi connectivity index (χ3v) is 3.04. The molecule has 0 aliphatic carbocycles. The van der Waals surface area contributed by atoms with Gasteiger partial charge in [-0.25, -0.2) is 9.37 Å². The lowest BCUT2D eigenvalue weighted by molar-refractivity contribution is -0.384. The second-order valence-corrected chi connectivity index (χ2v) is 4.47. The minimum atomic E-state index is -0.767. The summed E-state index contributed by atoms with van der Waals surface area (Å²) in [6, 6.07) is 5.96. The van der Waals surface area contributed by atoms with Crippen molar-refractivity contribution in [3.63, 3.8) is 0 Å². The number of amides is 1. The number of nitrogens with zero attached hydrogens (tertiary/aromatic N) is 2. The first-order valence-corrected chi connectivity index (χ1v) is 6.14. The summed E-state index contributed by atoms with van der Waals surface area (Å²) in [6.45, 7) is 0. The van der Waals surface area contributed by atoms with Crippen LogP contribution in [0.15, 0.2) is 41.1 Å². The topological polar surface area (TPSA) is 85.1 Å². The predicted molar refractivity (Wildman–Crippen MR) is 72.9 cm³/mol. The first kappa shape index (κ1) is 14.1. The minimum Gasteiger partial charge on any atom is -0.316 e. The van der Waals surface area contributed by atoms with Crippen molar-refractivity contribution in [2.45, 2.75) is 0 Å². The zero-order chi connectivity index (χ0) is 14.7. The lowest BCUT2D eigenvalue weighted by Crippen LogP contribution is -2.14. The van der Waals surface area contributed by atoms with Gasteiger partial charge in [0.25, 0.3) is 11.6 Å². The molecule has 0 atom stereocenters. The smallest absolute Gasteiger partial charge is 0.295 e. The van der Waals surface area contributed by atoms with Crippen LogP contribution in [0.2, 0.25) is 0 Å². The van der Waals surface area contributed by atoms with Gasteiger partial charge in [0.15, 0.2) is 0 Å². The van der Waals surface area contributed by atoms with E-state index < -0.39 is 22.3 Å². The number of halogens is 2. The number of nitrogens with one attached hydrogen (secondary N) is 1. The third kappa shape index (κ3) is 2.97. The lowest BCUT2D eigenvalue weighted by atomic mass is 10.2. The highest BCUT2D eigenvalue weighted by Crippen LogP contribution is 2.26. The molecule has 1 N–H and O–H groups in total. The molecule has 0 fully saturated rings. The van der Waals surface area contributed by atoms with Crippen LogP contribution in [-0.4, -0.2) is 15.8 Å². The predicted octanol–water partition coefficient (Wildman–Crippen LogP) is 3.14. The molecular formula is C12H7BrFN3O3. The first-order valence-electron chi connectivity index (χ1n) is 5.35. The molecule has 0 unspecified atom stereocenters. The van der Waals surface area contributed by atoms with E-state index in [0.29, 0.717) is 4.60 Å². The molecule has 2 rings (SSSR count). The van der Waals surface area contributed by atoms with E-state index in [1.165, 1.54) is 12.3 Å². The summed E-state index contributed by atoms with van der Waals surface area (Å²) >= 11 is 3.10. The number of nitro groups is 1. The number of anilines is 1. The highest BCUT2D eigenvalue weighted by Gasteiger charge is 2.18. The summed E-state index contributed by atoms with van der Waals surface area (Å²) in [5.41, 5.74) is -0.387. The Kier molecular flexibility index (Phi) is 4.04. The van der Waals surface area contributed by atoms with E-state index in [1.54, 1.807) is 6.07 Å². The van der Waals surface area contributed by atoms with E-state index >= 15 is 0 Å². The maximum Gasteiger partial charge on any atom is 0.295 e. The van der Waals surface area contributed by atoms with Crippen LogP contribution in [0.4, 0.5) is 15.8 Å². The van der Waals surface area contributed by atoms with E-state index in [4.69, 9.17) is 0 Å². The van der Waals surface area contributed by atoms with Crippen molar-refractivity contribution < 1.29 is 14.1 Å². The van der Waals surface area contributed by atoms with Crippen molar-refractivity contribution >= 4 is 33.2 Å². The Bertz CT molecular complexity index is 693. The number of hydrogen-bond donors (Lipinski definition) is 1. The van der Waals surface area contributed by atoms with Crippen LogP contribution in [0.1, 0.15) is 10.4 Å². The zero-order valence-electron chi connectivity index (χ0n) is 9.84. The van der Waals surface area contributed by atoms with Gasteiger partial charge in [-0.3, -0.25) is 14.9 Å². The Hall–Kier alpha value is -2.35. The molecule has 2 aromatic rings. The van der Waals surface area contributed by atoms with Gasteiger partial charge in [-0.05, 0) is 40.2 Å². The average Bonchev–Trinajstić information content (AvgIpc) is 2.41. The number of aromatic nitrogens is 1. The second-order valence-electron chi connectivity index (χ2n) is 3.71. The Morgan fingerprint density at radius 2 is 2.15 bits per heavy atom. The fraction of sp³-hybridized carbons (Fsp3) is 0. The Morgan fingerprint density at radius 1 is 1.40 bits per heavy atom. The quantitative estimate of drug-likeness (QED) is 0.528. The van der Waals surface area contributed by atoms with Gasteiger partial charge in [-0.15, -0.1) is 0 Å². The van der Waals surface area contributed by atoms with E-state index in [-0.39, 0.29) is 11.3 Å². The van der Waals surface area contributed by atoms with Gasteiger partial charge in [-0.2, -0.15) is 0 Å². The van der Waals surface area contributed by atoms with Gasteiger partial charge in [0.05, 0.1) is 16.6 Å². The molecule has 0 saturated carbocycles. The highest BCUT2D eigenvalue weighted by molar-refractivity contribution is 9.10. The van der Waals surface area contributed by atoms with Gasteiger partial charge in [-0.1, -0.05) is 0 Å². The summed E-state index contributed by atoms with van der Waals surface area (Å²) in [7, 11) is 0. The maximum atomic E-state index is 13.0. The summed E-state index contributed by atoms with van der Waals surface area (Å²) in [6.07, 6.45) is 1.49. The molecule has 20 heavy (non-hydrogen) atoms. The van der Waals surface area contributed by atoms with Crippen molar-refractivity contribution in [3.8, 4) is 0 Å². The van der Waals surface area contributed by atoms with Gasteiger partial charge >= 0.3 is 0 Å². The third-order valence-electron chi connectivity index (χ3n) is 2.41. The number of rotatable bonds is 3. The molecule has 1 aromatic carbocycles. The molecule has 0 saturated heterocycles. The number of hydrogen-bond acceptors (Lipinski definition) is 4. The largest absolute Gasteiger partial charge is 0.316 e. The van der Waals surface area contributed by atoms with E-state index in [9.17, 15) is 19.3 Å². The molecule has 8 heteroatoms. The van der Waals surface area contributed by atoms with E-state index in [2.05, 4.69) is 26.2 Å². The Morgan fingerprint density at radius 3 is 2.80 bits per heavy atom. The van der Waals surface area contributed by atoms with E-state index in [1.807, 2.05) is 0 Å². The van der Waals surface area contributed by atoms with Crippen LogP contribution in [-0.2, 0) is 0 Å². The molecule has 0 aliphatic heterocycles. The normalized spacial score (nSPS) is 10.1. The number of carbonyl (C=O) groups excluding carboxylic acids is 1. The summed E-state index contributed by atoms with van der Waals surface area (Å²) in [4.78, 5) is 25.9. The summed E-state index contributed by atoms with van der Waals surface area (Å²) in [5, 5.41) is 13.2. The van der Waals surface area contributed by atoms with Crippen LogP contribution in [0.5, 0.6) is 0 Å². The van der Waals surface area contributed by atoms with Crippen molar-refractivity contribution in [1.82, 2.24) is 4.98 Å². The fourth-order valence-corrected chi connectivity index (χ4v) is 1.94. The molecular weight excluding hydrogens is 333 g/mol. The SMILES string of the molecule is O=C(Nc1ccc(F)cc1[N+](=O)[O-])c1cccnc1Br. The molecule has 0 aliphatic rings. The Labute approximate surface area is 120 Å². The molecule has 0 radical (unpaired) electrons. The van der Waals surface area contributed by atoms with Crippen LogP contribution >= 0.6 is 15.9 Å². The highest BCUT2D eigenvalue weighted by atomic mass is 79.9. The average molecular weight is 340 g/mol. The van der Waals surface area contributed by atoms with Crippen molar-refractivity contribution in [2.75, 3.05) is 5.32 Å². The van der Waals surface area contributed by atoms with Gasteiger partial charge in [0, 0.05) is 6.20 Å². The van der Waals surface area contributed by atoms with Crippen molar-refractivity contribution in [3.05, 3.63) is 62.6 Å². The summed E-state index contributed by atoms with van der Waals surface area (Å²) in [5.74, 6) is -1.34. The van der Waals surface area contributed by atoms with Crippen LogP contribution in [0.3, 0.4) is 0 Å². The summed E-state index contributed by atoms with van der Waals surface area (Å²) < 4.78 is 13.3. The number of benzene rings is 1. The minimum absolute atomic E-state index is 0.0860. The van der Waals surface area contributed by atoms with Crippen LogP contribution in [0, 0.1) is 15.9 Å². The molecule has 6 nitrogen and oxygen atoms in total. The van der Waals surface area contributed by atoms with Gasteiger partial charge in [0.1, 0.15) is 16.1 Å². The Balaban J connectivity index is 2.33. The van der Waals surface area contributed by atoms with Gasteiger partial charge in [0.2, 0.25) is 0 Å². The number of pyridine rings is 1. The number of carbonyl (C=O) groups is 1. The molecule has 0 spiro atoms. The fourth-order valence-electron chi connectivity index (χ4n) is 1.51. The van der Waals surface area contributed by atoms with Crippen molar-refractivity contribution in [1.29, 1.82) is 0 Å². The lowest BCUT2D eigenvalue weighted by Gasteiger charge is -2.06.